The van der Waals surface area contributed by atoms with Gasteiger partial charge in [-0.15, -0.1) is 0 Å². The van der Waals surface area contributed by atoms with Gasteiger partial charge < -0.3 is 4.84 Å². The number of carbonyl (C=O) groups excluding carboxylic acids is 2. The van der Waals surface area contributed by atoms with E-state index in [1.54, 1.807) is 24.3 Å². The second-order valence-corrected chi connectivity index (χ2v) is 4.77. The molecule has 96 valence electrons. The van der Waals surface area contributed by atoms with Gasteiger partial charge in [0.25, 0.3) is 5.91 Å². The molecule has 0 heterocycles. The Bertz CT molecular complexity index is 457. The van der Waals surface area contributed by atoms with Crippen molar-refractivity contribution in [2.45, 2.75) is 25.7 Å². The Morgan fingerprint density at radius 1 is 1.33 bits per heavy atom. The van der Waals surface area contributed by atoms with Gasteiger partial charge in [0.15, 0.2) is 0 Å². The van der Waals surface area contributed by atoms with Crippen molar-refractivity contribution in [1.29, 1.82) is 0 Å². The standard InChI is InChI=1S/C13H14ClNO3/c14-11-4-2-1-3-10(11)13(17)15-18-12(16)8-7-9-5-6-9/h1-4,9H,5-8H2,(H,15,17). The highest BCUT2D eigenvalue weighted by atomic mass is 35.5. The van der Waals surface area contributed by atoms with Gasteiger partial charge in [-0.1, -0.05) is 36.6 Å². The molecular formula is C13H14ClNO3. The number of carbonyl (C=O) groups is 2. The highest BCUT2D eigenvalue weighted by molar-refractivity contribution is 6.33. The van der Waals surface area contributed by atoms with Crippen LogP contribution in [0.2, 0.25) is 5.02 Å². The first-order valence-electron chi connectivity index (χ1n) is 5.91. The van der Waals surface area contributed by atoms with Crippen molar-refractivity contribution in [3.05, 3.63) is 34.9 Å². The predicted molar refractivity (Wildman–Crippen MR) is 67.0 cm³/mol. The van der Waals surface area contributed by atoms with E-state index in [0.29, 0.717) is 17.4 Å². The summed E-state index contributed by atoms with van der Waals surface area (Å²) in [6.45, 7) is 0. The number of halogens is 1. The summed E-state index contributed by atoms with van der Waals surface area (Å²) in [6.07, 6.45) is 3.56. The van der Waals surface area contributed by atoms with E-state index in [0.717, 1.165) is 6.42 Å². The SMILES string of the molecule is O=C(CCC1CC1)ONC(=O)c1ccccc1Cl. The minimum absolute atomic E-state index is 0.286. The van der Waals surface area contributed by atoms with Gasteiger partial charge in [0, 0.05) is 6.42 Å². The van der Waals surface area contributed by atoms with Gasteiger partial charge in [-0.25, -0.2) is 4.79 Å². The van der Waals surface area contributed by atoms with Crippen LogP contribution in [0.5, 0.6) is 0 Å². The second kappa shape index (κ2) is 5.87. The van der Waals surface area contributed by atoms with Crippen LogP contribution in [0.25, 0.3) is 0 Å². The Hall–Kier alpha value is -1.55. The molecule has 1 aliphatic carbocycles. The summed E-state index contributed by atoms with van der Waals surface area (Å²) in [5.41, 5.74) is 2.40. The summed E-state index contributed by atoms with van der Waals surface area (Å²) in [5, 5.41) is 0.323. The molecule has 18 heavy (non-hydrogen) atoms. The largest absolute Gasteiger partial charge is 0.341 e. The molecule has 0 aromatic heterocycles. The monoisotopic (exact) mass is 267 g/mol. The van der Waals surface area contributed by atoms with E-state index in [9.17, 15) is 9.59 Å². The van der Waals surface area contributed by atoms with Crippen molar-refractivity contribution < 1.29 is 14.4 Å². The summed E-state index contributed by atoms with van der Waals surface area (Å²) >= 11 is 5.84. The van der Waals surface area contributed by atoms with Crippen molar-refractivity contribution in [3.8, 4) is 0 Å². The lowest BCUT2D eigenvalue weighted by Crippen LogP contribution is -2.27. The topological polar surface area (TPSA) is 55.4 Å². The highest BCUT2D eigenvalue weighted by Crippen LogP contribution is 2.33. The molecule has 1 saturated carbocycles. The van der Waals surface area contributed by atoms with Gasteiger partial charge in [-0.3, -0.25) is 4.79 Å². The van der Waals surface area contributed by atoms with Gasteiger partial charge in [0.1, 0.15) is 0 Å². The van der Waals surface area contributed by atoms with Crippen LogP contribution in [0.15, 0.2) is 24.3 Å². The summed E-state index contributed by atoms with van der Waals surface area (Å²) < 4.78 is 0. The third-order valence-corrected chi connectivity index (χ3v) is 3.16. The fraction of sp³-hybridized carbons (Fsp3) is 0.385. The van der Waals surface area contributed by atoms with Crippen molar-refractivity contribution in [2.24, 2.45) is 5.92 Å². The molecular weight excluding hydrogens is 254 g/mol. The van der Waals surface area contributed by atoms with E-state index in [1.807, 2.05) is 0 Å². The minimum atomic E-state index is -0.514. The van der Waals surface area contributed by atoms with Crippen LogP contribution in [-0.4, -0.2) is 11.9 Å². The van der Waals surface area contributed by atoms with E-state index in [-0.39, 0.29) is 5.56 Å². The molecule has 0 unspecified atom stereocenters. The van der Waals surface area contributed by atoms with Crippen LogP contribution < -0.4 is 5.48 Å². The van der Waals surface area contributed by atoms with Gasteiger partial charge in [-0.2, -0.15) is 5.48 Å². The van der Waals surface area contributed by atoms with Crippen LogP contribution >= 0.6 is 11.6 Å². The number of benzene rings is 1. The fourth-order valence-corrected chi connectivity index (χ4v) is 1.80. The third kappa shape index (κ3) is 3.74. The molecule has 1 aromatic rings. The Kier molecular flexibility index (Phi) is 4.20. The Morgan fingerprint density at radius 3 is 2.72 bits per heavy atom. The molecule has 0 radical (unpaired) electrons. The van der Waals surface area contributed by atoms with Gasteiger partial charge in [0.2, 0.25) is 0 Å². The van der Waals surface area contributed by atoms with Crippen LogP contribution in [0.3, 0.4) is 0 Å². The van der Waals surface area contributed by atoms with Crippen LogP contribution in [0, 0.1) is 5.92 Å². The number of hydrogen-bond acceptors (Lipinski definition) is 3. The molecule has 2 rings (SSSR count). The first-order chi connectivity index (χ1) is 8.66. The first-order valence-corrected chi connectivity index (χ1v) is 6.29. The number of hydroxylamine groups is 1. The van der Waals surface area contributed by atoms with E-state index >= 15 is 0 Å². The van der Waals surface area contributed by atoms with E-state index in [1.165, 1.54) is 12.8 Å². The fourth-order valence-electron chi connectivity index (χ4n) is 1.58. The van der Waals surface area contributed by atoms with E-state index in [2.05, 4.69) is 5.48 Å². The van der Waals surface area contributed by atoms with Gasteiger partial charge >= 0.3 is 5.97 Å². The zero-order valence-corrected chi connectivity index (χ0v) is 10.6. The maximum atomic E-state index is 11.6. The summed E-state index contributed by atoms with van der Waals surface area (Å²) in [6, 6.07) is 6.58. The quantitative estimate of drug-likeness (QED) is 0.854. The summed E-state index contributed by atoms with van der Waals surface area (Å²) in [4.78, 5) is 27.7. The smallest absolute Gasteiger partial charge is 0.332 e. The lowest BCUT2D eigenvalue weighted by Gasteiger charge is -2.06. The lowest BCUT2D eigenvalue weighted by atomic mass is 10.2. The van der Waals surface area contributed by atoms with Gasteiger partial charge in [-0.05, 0) is 24.5 Å². The highest BCUT2D eigenvalue weighted by Gasteiger charge is 2.22. The molecule has 0 atom stereocenters. The van der Waals surface area contributed by atoms with Gasteiger partial charge in [0.05, 0.1) is 10.6 Å². The molecule has 4 nitrogen and oxygen atoms in total. The van der Waals surface area contributed by atoms with Crippen molar-refractivity contribution in [3.63, 3.8) is 0 Å². The van der Waals surface area contributed by atoms with E-state index < -0.39 is 11.9 Å². The molecule has 1 aromatic carbocycles. The molecule has 1 N–H and O–H groups in total. The Morgan fingerprint density at radius 2 is 2.06 bits per heavy atom. The maximum Gasteiger partial charge on any atom is 0.332 e. The predicted octanol–water partition coefficient (Wildman–Crippen LogP) is 2.72. The summed E-state index contributed by atoms with van der Waals surface area (Å²) in [7, 11) is 0. The number of nitrogens with one attached hydrogen (secondary N) is 1. The van der Waals surface area contributed by atoms with E-state index in [4.69, 9.17) is 16.4 Å². The normalized spacial score (nSPS) is 14.1. The molecule has 1 fully saturated rings. The zero-order chi connectivity index (χ0) is 13.0. The number of rotatable bonds is 4. The average molecular weight is 268 g/mol. The maximum absolute atomic E-state index is 11.6. The number of hydrogen-bond donors (Lipinski definition) is 1. The molecule has 1 amide bonds. The van der Waals surface area contributed by atoms with Crippen molar-refractivity contribution in [1.82, 2.24) is 5.48 Å². The molecule has 0 aliphatic heterocycles. The minimum Gasteiger partial charge on any atom is -0.341 e. The van der Waals surface area contributed by atoms with Crippen molar-refractivity contribution in [2.75, 3.05) is 0 Å². The molecule has 0 spiro atoms. The second-order valence-electron chi connectivity index (χ2n) is 4.37. The van der Waals surface area contributed by atoms with Crippen molar-refractivity contribution >= 4 is 23.5 Å². The average Bonchev–Trinajstić information content (AvgIpc) is 3.18. The number of amides is 1. The van der Waals surface area contributed by atoms with Crippen LogP contribution in [0.1, 0.15) is 36.0 Å². The molecule has 0 bridgehead atoms. The first kappa shape index (κ1) is 12.9. The Balaban J connectivity index is 1.77. The summed E-state index contributed by atoms with van der Waals surface area (Å²) in [5.74, 6) is -0.264. The molecule has 1 aliphatic rings. The van der Waals surface area contributed by atoms with Crippen LogP contribution in [0.4, 0.5) is 0 Å². The van der Waals surface area contributed by atoms with Crippen LogP contribution in [-0.2, 0) is 9.63 Å². The zero-order valence-electron chi connectivity index (χ0n) is 9.82. The molecule has 5 heteroatoms. The lowest BCUT2D eigenvalue weighted by molar-refractivity contribution is -0.149. The third-order valence-electron chi connectivity index (χ3n) is 2.83. The Labute approximate surface area is 110 Å². The molecule has 0 saturated heterocycles.